The third-order valence-corrected chi connectivity index (χ3v) is 3.63. The van der Waals surface area contributed by atoms with Crippen LogP contribution >= 0.6 is 15.9 Å². The molecule has 0 fully saturated rings. The Morgan fingerprint density at radius 1 is 1.21 bits per heavy atom. The first-order valence-electron chi connectivity index (χ1n) is 5.80. The summed E-state index contributed by atoms with van der Waals surface area (Å²) in [6.45, 7) is 1.97. The molecule has 1 atom stereocenters. The topological polar surface area (TPSA) is 29.5 Å². The van der Waals surface area contributed by atoms with Crippen LogP contribution in [0.5, 0.6) is 5.75 Å². The summed E-state index contributed by atoms with van der Waals surface area (Å²) in [4.78, 5) is 0. The lowest BCUT2D eigenvalue weighted by molar-refractivity contribution is 0.218. The smallest absolute Gasteiger partial charge is 0.165 e. The molecule has 2 aromatic carbocycles. The van der Waals surface area contributed by atoms with E-state index in [0.717, 1.165) is 15.6 Å². The Morgan fingerprint density at radius 2 is 1.95 bits per heavy atom. The lowest BCUT2D eigenvalue weighted by atomic mass is 10.0. The van der Waals surface area contributed by atoms with E-state index in [1.807, 2.05) is 25.1 Å². The zero-order valence-electron chi connectivity index (χ0n) is 10.7. The number of aliphatic hydroxyl groups is 1. The van der Waals surface area contributed by atoms with Gasteiger partial charge in [0.25, 0.3) is 0 Å². The Bertz CT molecular complexity index is 599. The fraction of sp³-hybridized carbons (Fsp3) is 0.200. The molecule has 0 bridgehead atoms. The van der Waals surface area contributed by atoms with Gasteiger partial charge in [0.2, 0.25) is 0 Å². The molecule has 19 heavy (non-hydrogen) atoms. The number of halogens is 2. The molecule has 1 N–H and O–H groups in total. The third kappa shape index (κ3) is 2.96. The van der Waals surface area contributed by atoms with Gasteiger partial charge in [-0.1, -0.05) is 34.1 Å². The number of rotatable bonds is 3. The van der Waals surface area contributed by atoms with Gasteiger partial charge >= 0.3 is 0 Å². The molecule has 0 radical (unpaired) electrons. The molecule has 0 heterocycles. The summed E-state index contributed by atoms with van der Waals surface area (Å²) in [7, 11) is 1.40. The number of methoxy groups -OCH3 is 1. The van der Waals surface area contributed by atoms with Crippen LogP contribution in [0.15, 0.2) is 40.9 Å². The van der Waals surface area contributed by atoms with Crippen molar-refractivity contribution >= 4 is 15.9 Å². The zero-order valence-corrected chi connectivity index (χ0v) is 12.2. The molecular weight excluding hydrogens is 311 g/mol. The van der Waals surface area contributed by atoms with E-state index in [-0.39, 0.29) is 5.75 Å². The van der Waals surface area contributed by atoms with Gasteiger partial charge in [0.1, 0.15) is 6.10 Å². The van der Waals surface area contributed by atoms with Crippen molar-refractivity contribution in [3.63, 3.8) is 0 Å². The van der Waals surface area contributed by atoms with Crippen molar-refractivity contribution in [3.05, 3.63) is 63.4 Å². The molecule has 2 nitrogen and oxygen atoms in total. The maximum absolute atomic E-state index is 13.4. The Labute approximate surface area is 120 Å². The Balaban J connectivity index is 2.40. The van der Waals surface area contributed by atoms with Gasteiger partial charge in [-0.2, -0.15) is 0 Å². The summed E-state index contributed by atoms with van der Waals surface area (Å²) in [5.74, 6) is -0.318. The van der Waals surface area contributed by atoms with Crippen LogP contribution in [0.2, 0.25) is 0 Å². The molecule has 2 rings (SSSR count). The average Bonchev–Trinajstić information content (AvgIpc) is 2.38. The van der Waals surface area contributed by atoms with E-state index < -0.39 is 11.9 Å². The standard InChI is InChI=1S/C15H14BrFO2/c1-9-3-5-11(12(16)7-9)15(18)10-4-6-13(17)14(8-10)19-2/h3-8,15,18H,1-2H3. The van der Waals surface area contributed by atoms with E-state index in [0.29, 0.717) is 5.56 Å². The van der Waals surface area contributed by atoms with Crippen molar-refractivity contribution in [1.82, 2.24) is 0 Å². The Kier molecular flexibility index (Phi) is 4.22. The molecule has 0 aliphatic rings. The maximum Gasteiger partial charge on any atom is 0.165 e. The fourth-order valence-corrected chi connectivity index (χ4v) is 2.59. The first kappa shape index (κ1) is 14.0. The van der Waals surface area contributed by atoms with Crippen LogP contribution in [0.1, 0.15) is 22.8 Å². The normalized spacial score (nSPS) is 12.3. The van der Waals surface area contributed by atoms with Gasteiger partial charge in [-0.25, -0.2) is 4.39 Å². The lowest BCUT2D eigenvalue weighted by Crippen LogP contribution is -2.02. The van der Waals surface area contributed by atoms with E-state index in [9.17, 15) is 9.50 Å². The molecule has 0 aromatic heterocycles. The summed E-state index contributed by atoms with van der Waals surface area (Å²) in [6, 6.07) is 10.0. The van der Waals surface area contributed by atoms with Gasteiger partial charge in [0.15, 0.2) is 11.6 Å². The Morgan fingerprint density at radius 3 is 2.58 bits per heavy atom. The molecule has 0 amide bonds. The summed E-state index contributed by atoms with van der Waals surface area (Å²) >= 11 is 3.43. The van der Waals surface area contributed by atoms with E-state index in [2.05, 4.69) is 15.9 Å². The number of benzene rings is 2. The second-order valence-corrected chi connectivity index (χ2v) is 5.18. The first-order chi connectivity index (χ1) is 9.02. The van der Waals surface area contributed by atoms with Gasteiger partial charge in [-0.3, -0.25) is 0 Å². The van der Waals surface area contributed by atoms with Crippen LogP contribution in [0.4, 0.5) is 4.39 Å². The highest BCUT2D eigenvalue weighted by Gasteiger charge is 2.15. The maximum atomic E-state index is 13.4. The van der Waals surface area contributed by atoms with Gasteiger partial charge in [0, 0.05) is 4.47 Å². The quantitative estimate of drug-likeness (QED) is 0.925. The van der Waals surface area contributed by atoms with Gasteiger partial charge in [0.05, 0.1) is 7.11 Å². The molecule has 100 valence electrons. The van der Waals surface area contributed by atoms with Gasteiger partial charge in [-0.05, 0) is 41.8 Å². The van der Waals surface area contributed by atoms with Crippen molar-refractivity contribution in [3.8, 4) is 5.75 Å². The fourth-order valence-electron chi connectivity index (χ4n) is 1.88. The molecule has 4 heteroatoms. The van der Waals surface area contributed by atoms with E-state index in [4.69, 9.17) is 4.74 Å². The second-order valence-electron chi connectivity index (χ2n) is 4.32. The molecule has 0 spiro atoms. The zero-order chi connectivity index (χ0) is 14.0. The van der Waals surface area contributed by atoms with E-state index in [1.165, 1.54) is 19.2 Å². The van der Waals surface area contributed by atoms with Gasteiger partial charge in [-0.15, -0.1) is 0 Å². The number of ether oxygens (including phenoxy) is 1. The summed E-state index contributed by atoms with van der Waals surface area (Å²) in [6.07, 6.45) is -0.829. The van der Waals surface area contributed by atoms with Crippen molar-refractivity contribution in [1.29, 1.82) is 0 Å². The Hall–Kier alpha value is -1.39. The lowest BCUT2D eigenvalue weighted by Gasteiger charge is -2.15. The highest BCUT2D eigenvalue weighted by Crippen LogP contribution is 2.31. The minimum atomic E-state index is -0.829. The predicted molar refractivity (Wildman–Crippen MR) is 75.9 cm³/mol. The van der Waals surface area contributed by atoms with Crippen molar-refractivity contribution in [2.24, 2.45) is 0 Å². The van der Waals surface area contributed by atoms with Crippen molar-refractivity contribution in [2.75, 3.05) is 7.11 Å². The molecule has 0 saturated carbocycles. The molecule has 1 unspecified atom stereocenters. The van der Waals surface area contributed by atoms with Crippen LogP contribution in [0.25, 0.3) is 0 Å². The molecule has 0 saturated heterocycles. The van der Waals surface area contributed by atoms with E-state index >= 15 is 0 Å². The highest BCUT2D eigenvalue weighted by molar-refractivity contribution is 9.10. The minimum absolute atomic E-state index is 0.125. The second kappa shape index (κ2) is 5.72. The van der Waals surface area contributed by atoms with Gasteiger partial charge < -0.3 is 9.84 Å². The minimum Gasteiger partial charge on any atom is -0.494 e. The molecule has 2 aromatic rings. The van der Waals surface area contributed by atoms with Crippen LogP contribution < -0.4 is 4.74 Å². The number of hydrogen-bond donors (Lipinski definition) is 1. The highest BCUT2D eigenvalue weighted by atomic mass is 79.9. The van der Waals surface area contributed by atoms with E-state index in [1.54, 1.807) is 6.07 Å². The van der Waals surface area contributed by atoms with Crippen molar-refractivity contribution in [2.45, 2.75) is 13.0 Å². The SMILES string of the molecule is COc1cc(C(O)c2ccc(C)cc2Br)ccc1F. The van der Waals surface area contributed by atoms with Crippen LogP contribution in [0, 0.1) is 12.7 Å². The predicted octanol–water partition coefficient (Wildman–Crippen LogP) is 3.99. The average molecular weight is 325 g/mol. The molecule has 0 aliphatic carbocycles. The van der Waals surface area contributed by atoms with Crippen molar-refractivity contribution < 1.29 is 14.2 Å². The van der Waals surface area contributed by atoms with Crippen LogP contribution in [-0.4, -0.2) is 12.2 Å². The third-order valence-electron chi connectivity index (χ3n) is 2.94. The van der Waals surface area contributed by atoms with Crippen LogP contribution in [-0.2, 0) is 0 Å². The molecular formula is C15H14BrFO2. The summed E-state index contributed by atoms with van der Waals surface area (Å²) < 4.78 is 19.1. The number of hydrogen-bond acceptors (Lipinski definition) is 2. The number of aliphatic hydroxyl groups excluding tert-OH is 1. The summed E-state index contributed by atoms with van der Waals surface area (Å²) in [5.41, 5.74) is 2.42. The largest absolute Gasteiger partial charge is 0.494 e. The van der Waals surface area contributed by atoms with Crippen LogP contribution in [0.3, 0.4) is 0 Å². The first-order valence-corrected chi connectivity index (χ1v) is 6.59. The molecule has 0 aliphatic heterocycles. The monoisotopic (exact) mass is 324 g/mol. The summed E-state index contributed by atoms with van der Waals surface area (Å²) in [5, 5.41) is 10.4. The number of aryl methyl sites for hydroxylation is 1.